The molecule has 0 saturated heterocycles. The Hall–Kier alpha value is -1.26. The second-order valence-electron chi connectivity index (χ2n) is 4.17. The van der Waals surface area contributed by atoms with Crippen LogP contribution in [0.15, 0.2) is 30.5 Å². The Labute approximate surface area is 111 Å². The van der Waals surface area contributed by atoms with E-state index in [1.54, 1.807) is 17.4 Å². The maximum atomic E-state index is 13.5. The molecule has 18 heavy (non-hydrogen) atoms. The average Bonchev–Trinajstić information content (AvgIpc) is 2.80. The predicted molar refractivity (Wildman–Crippen MR) is 73.3 cm³/mol. The molecule has 0 spiro atoms. The zero-order chi connectivity index (χ0) is 12.8. The van der Waals surface area contributed by atoms with Crippen LogP contribution in [0.4, 0.5) is 4.39 Å². The zero-order valence-corrected chi connectivity index (χ0v) is 11.3. The van der Waals surface area contributed by atoms with E-state index >= 15 is 0 Å². The van der Waals surface area contributed by atoms with Gasteiger partial charge in [-0.3, -0.25) is 0 Å². The van der Waals surface area contributed by atoms with Crippen LogP contribution in [0, 0.1) is 5.82 Å². The lowest BCUT2D eigenvalue weighted by molar-refractivity contribution is 0.614. The SMILES string of the molecule is CCCNCc1cnc(Cc2ccccc2F)s1. The summed E-state index contributed by atoms with van der Waals surface area (Å²) in [5.74, 6) is -0.154. The highest BCUT2D eigenvalue weighted by molar-refractivity contribution is 7.11. The van der Waals surface area contributed by atoms with Crippen molar-refractivity contribution in [3.8, 4) is 0 Å². The van der Waals surface area contributed by atoms with Crippen LogP contribution in [0.5, 0.6) is 0 Å². The standard InChI is InChI=1S/C14H17FN2S/c1-2-7-16-9-12-10-17-14(18-12)8-11-5-3-4-6-13(11)15/h3-6,10,16H,2,7-9H2,1H3. The molecule has 0 atom stereocenters. The Morgan fingerprint density at radius 3 is 2.94 bits per heavy atom. The van der Waals surface area contributed by atoms with E-state index in [0.717, 1.165) is 24.5 Å². The van der Waals surface area contributed by atoms with Gasteiger partial charge in [-0.15, -0.1) is 11.3 Å². The van der Waals surface area contributed by atoms with Crippen LogP contribution >= 0.6 is 11.3 Å². The smallest absolute Gasteiger partial charge is 0.126 e. The fraction of sp³-hybridized carbons (Fsp3) is 0.357. The van der Waals surface area contributed by atoms with E-state index in [1.807, 2.05) is 18.3 Å². The highest BCUT2D eigenvalue weighted by Gasteiger charge is 2.06. The number of aromatic nitrogens is 1. The van der Waals surface area contributed by atoms with Gasteiger partial charge in [0.2, 0.25) is 0 Å². The number of nitrogens with zero attached hydrogens (tertiary/aromatic N) is 1. The molecule has 0 amide bonds. The van der Waals surface area contributed by atoms with Gasteiger partial charge in [-0.2, -0.15) is 0 Å². The van der Waals surface area contributed by atoms with Gasteiger partial charge >= 0.3 is 0 Å². The summed E-state index contributed by atoms with van der Waals surface area (Å²) >= 11 is 1.65. The maximum absolute atomic E-state index is 13.5. The topological polar surface area (TPSA) is 24.9 Å². The second-order valence-corrected chi connectivity index (χ2v) is 5.37. The molecule has 0 fully saturated rings. The maximum Gasteiger partial charge on any atom is 0.126 e. The molecule has 0 bridgehead atoms. The van der Waals surface area contributed by atoms with E-state index in [2.05, 4.69) is 17.2 Å². The van der Waals surface area contributed by atoms with Crippen molar-refractivity contribution in [3.63, 3.8) is 0 Å². The van der Waals surface area contributed by atoms with Gasteiger partial charge in [-0.05, 0) is 24.6 Å². The number of thiazole rings is 1. The Kier molecular flexibility index (Phi) is 4.84. The van der Waals surface area contributed by atoms with Crippen molar-refractivity contribution >= 4 is 11.3 Å². The Balaban J connectivity index is 1.96. The third-order valence-corrected chi connectivity index (χ3v) is 3.62. The molecule has 96 valence electrons. The number of halogens is 1. The number of hydrogen-bond acceptors (Lipinski definition) is 3. The Bertz CT molecular complexity index is 496. The zero-order valence-electron chi connectivity index (χ0n) is 10.4. The minimum Gasteiger partial charge on any atom is -0.312 e. The van der Waals surface area contributed by atoms with E-state index < -0.39 is 0 Å². The van der Waals surface area contributed by atoms with Gasteiger partial charge in [-0.1, -0.05) is 25.1 Å². The van der Waals surface area contributed by atoms with Crippen molar-refractivity contribution in [1.29, 1.82) is 0 Å². The molecule has 0 aliphatic carbocycles. The Morgan fingerprint density at radius 2 is 2.17 bits per heavy atom. The van der Waals surface area contributed by atoms with Crippen molar-refractivity contribution in [2.24, 2.45) is 0 Å². The summed E-state index contributed by atoms with van der Waals surface area (Å²) in [6.45, 7) is 4.01. The van der Waals surface area contributed by atoms with Gasteiger partial charge in [0, 0.05) is 24.0 Å². The molecule has 0 unspecified atom stereocenters. The lowest BCUT2D eigenvalue weighted by Gasteiger charge is -1.99. The van der Waals surface area contributed by atoms with Crippen molar-refractivity contribution in [1.82, 2.24) is 10.3 Å². The van der Waals surface area contributed by atoms with Crippen LogP contribution in [0.3, 0.4) is 0 Å². The van der Waals surface area contributed by atoms with Gasteiger partial charge in [-0.25, -0.2) is 9.37 Å². The van der Waals surface area contributed by atoms with Gasteiger partial charge in [0.25, 0.3) is 0 Å². The molecule has 0 radical (unpaired) electrons. The average molecular weight is 264 g/mol. The summed E-state index contributed by atoms with van der Waals surface area (Å²) in [5, 5.41) is 4.30. The molecule has 1 heterocycles. The molecule has 1 aromatic carbocycles. The molecular formula is C14H17FN2S. The molecule has 2 aromatic rings. The first-order valence-corrected chi connectivity index (χ1v) is 6.99. The van der Waals surface area contributed by atoms with Crippen LogP contribution in [-0.2, 0) is 13.0 Å². The van der Waals surface area contributed by atoms with Gasteiger partial charge < -0.3 is 5.32 Å². The fourth-order valence-corrected chi connectivity index (χ4v) is 2.62. The third-order valence-electron chi connectivity index (χ3n) is 2.63. The lowest BCUT2D eigenvalue weighted by atomic mass is 10.1. The number of rotatable bonds is 6. The number of nitrogens with one attached hydrogen (secondary N) is 1. The van der Waals surface area contributed by atoms with E-state index in [1.165, 1.54) is 10.9 Å². The largest absolute Gasteiger partial charge is 0.312 e. The van der Waals surface area contributed by atoms with Gasteiger partial charge in [0.15, 0.2) is 0 Å². The molecule has 2 nitrogen and oxygen atoms in total. The van der Waals surface area contributed by atoms with Crippen LogP contribution in [-0.4, -0.2) is 11.5 Å². The summed E-state index contributed by atoms with van der Waals surface area (Å²) in [5.41, 5.74) is 0.708. The van der Waals surface area contributed by atoms with Crippen molar-refractivity contribution in [3.05, 3.63) is 51.7 Å². The van der Waals surface area contributed by atoms with E-state index in [-0.39, 0.29) is 5.82 Å². The third kappa shape index (κ3) is 3.62. The van der Waals surface area contributed by atoms with Crippen LogP contribution in [0.25, 0.3) is 0 Å². The summed E-state index contributed by atoms with van der Waals surface area (Å²) in [6, 6.07) is 6.87. The molecule has 4 heteroatoms. The molecule has 0 aliphatic heterocycles. The normalized spacial score (nSPS) is 10.8. The number of benzene rings is 1. The highest BCUT2D eigenvalue weighted by Crippen LogP contribution is 2.18. The molecule has 1 aromatic heterocycles. The minimum absolute atomic E-state index is 0.154. The number of hydrogen-bond donors (Lipinski definition) is 1. The molecule has 1 N–H and O–H groups in total. The first kappa shape index (κ1) is 13.2. The van der Waals surface area contributed by atoms with E-state index in [9.17, 15) is 4.39 Å². The first-order valence-electron chi connectivity index (χ1n) is 6.17. The first-order chi connectivity index (χ1) is 8.79. The van der Waals surface area contributed by atoms with Gasteiger partial charge in [0.1, 0.15) is 5.82 Å². The van der Waals surface area contributed by atoms with Crippen molar-refractivity contribution in [2.75, 3.05) is 6.54 Å². The molecule has 0 aliphatic rings. The summed E-state index contributed by atoms with van der Waals surface area (Å²) in [7, 11) is 0. The second kappa shape index (κ2) is 6.61. The monoisotopic (exact) mass is 264 g/mol. The van der Waals surface area contributed by atoms with Crippen molar-refractivity contribution < 1.29 is 4.39 Å². The van der Waals surface area contributed by atoms with E-state index in [4.69, 9.17) is 0 Å². The quantitative estimate of drug-likeness (QED) is 0.809. The summed E-state index contributed by atoms with van der Waals surface area (Å²) in [4.78, 5) is 5.55. The van der Waals surface area contributed by atoms with Crippen LogP contribution in [0.1, 0.15) is 28.8 Å². The predicted octanol–water partition coefficient (Wildman–Crippen LogP) is 3.37. The van der Waals surface area contributed by atoms with Crippen LogP contribution in [0.2, 0.25) is 0 Å². The molecule has 2 rings (SSSR count). The minimum atomic E-state index is -0.154. The molecular weight excluding hydrogens is 247 g/mol. The fourth-order valence-electron chi connectivity index (χ4n) is 1.70. The Morgan fingerprint density at radius 1 is 1.33 bits per heavy atom. The van der Waals surface area contributed by atoms with Crippen LogP contribution < -0.4 is 5.32 Å². The molecule has 0 saturated carbocycles. The lowest BCUT2D eigenvalue weighted by Crippen LogP contribution is -2.12. The van der Waals surface area contributed by atoms with Gasteiger partial charge in [0.05, 0.1) is 5.01 Å². The van der Waals surface area contributed by atoms with E-state index in [0.29, 0.717) is 12.0 Å². The summed E-state index contributed by atoms with van der Waals surface area (Å²) in [6.07, 6.45) is 3.58. The van der Waals surface area contributed by atoms with Crippen molar-refractivity contribution in [2.45, 2.75) is 26.3 Å². The highest BCUT2D eigenvalue weighted by atomic mass is 32.1. The summed E-state index contributed by atoms with van der Waals surface area (Å²) < 4.78 is 13.5.